The van der Waals surface area contributed by atoms with Crippen LogP contribution in [0.15, 0.2) is 24.3 Å². The summed E-state index contributed by atoms with van der Waals surface area (Å²) in [6.07, 6.45) is -24.0. The van der Waals surface area contributed by atoms with E-state index >= 15 is 0 Å². The average molecular weight is 602 g/mol. The van der Waals surface area contributed by atoms with Crippen LogP contribution in [0, 0.1) is 0 Å². The van der Waals surface area contributed by atoms with Crippen LogP contribution in [0.25, 0.3) is 0 Å². The Morgan fingerprint density at radius 2 is 1.00 bits per heavy atom. The van der Waals surface area contributed by atoms with Gasteiger partial charge in [0, 0.05) is 0 Å². The molecule has 0 unspecified atom stereocenters. The topological polar surface area (TPSA) is 57.2 Å². The molecule has 40 heavy (non-hydrogen) atoms. The molecule has 5 nitrogen and oxygen atoms in total. The molecule has 0 radical (unpaired) electrons. The molecule has 0 fully saturated rings. The van der Waals surface area contributed by atoms with Crippen LogP contribution >= 0.6 is 0 Å². The molecule has 0 bridgehead atoms. The summed E-state index contributed by atoms with van der Waals surface area (Å²) in [5.41, 5.74) is -7.70. The number of alkyl halides is 12. The number of benzene rings is 2. The van der Waals surface area contributed by atoms with Crippen LogP contribution in [-0.2, 0) is 24.7 Å². The first-order chi connectivity index (χ1) is 17.9. The second-order valence-electron chi connectivity index (χ2n) is 8.54. The van der Waals surface area contributed by atoms with E-state index in [0.29, 0.717) is 0 Å². The third-order valence-corrected chi connectivity index (χ3v) is 4.57. The van der Waals surface area contributed by atoms with Gasteiger partial charge in [0.15, 0.2) is 17.2 Å². The first-order valence-electron chi connectivity index (χ1n) is 10.9. The smallest absolute Gasteiger partial charge is 0.500 e. The molecular formula is C22H19BF12O5. The van der Waals surface area contributed by atoms with E-state index in [0.717, 1.165) is 27.7 Å². The van der Waals surface area contributed by atoms with Gasteiger partial charge in [-0.2, -0.15) is 52.7 Å². The Labute approximate surface area is 218 Å². The van der Waals surface area contributed by atoms with Gasteiger partial charge in [-0.1, -0.05) is 0 Å². The molecule has 0 spiro atoms. The Morgan fingerprint density at radius 3 is 1.35 bits per heavy atom. The number of halogens is 12. The summed E-state index contributed by atoms with van der Waals surface area (Å²) in [7, 11) is -3.20. The van der Waals surface area contributed by atoms with Crippen molar-refractivity contribution in [1.29, 1.82) is 0 Å². The van der Waals surface area contributed by atoms with Gasteiger partial charge < -0.3 is 23.8 Å². The van der Waals surface area contributed by atoms with E-state index in [1.54, 1.807) is 0 Å². The van der Waals surface area contributed by atoms with Crippen molar-refractivity contribution in [1.82, 2.24) is 0 Å². The zero-order chi connectivity index (χ0) is 31.0. The van der Waals surface area contributed by atoms with E-state index in [1.807, 2.05) is 0 Å². The first kappa shape index (κ1) is 33.0. The van der Waals surface area contributed by atoms with Crippen molar-refractivity contribution in [2.45, 2.75) is 64.6 Å². The molecule has 0 heterocycles. The maximum absolute atomic E-state index is 13.8. The molecule has 0 aliphatic carbocycles. The van der Waals surface area contributed by atoms with Crippen LogP contribution in [0.3, 0.4) is 0 Å². The normalized spacial score (nSPS) is 13.1. The quantitative estimate of drug-likeness (QED) is 0.247. The SMILES string of the molecule is CC(C)Oc1c(C(F)(F)F)cc(C(F)(F)F)c(OC(C)C)c1OB(O)Oc1cc(C(F)(F)F)ccc1C(F)(F)F. The largest absolute Gasteiger partial charge is 0.785 e. The highest BCUT2D eigenvalue weighted by molar-refractivity contribution is 6.37. The summed E-state index contributed by atoms with van der Waals surface area (Å²) in [6.45, 7) is 4.65. The maximum Gasteiger partial charge on any atom is 0.785 e. The Morgan fingerprint density at radius 1 is 0.575 bits per heavy atom. The highest BCUT2D eigenvalue weighted by atomic mass is 19.4. The minimum atomic E-state index is -5.53. The summed E-state index contributed by atoms with van der Waals surface area (Å²) in [6, 6.07) is -0.574. The highest BCUT2D eigenvalue weighted by Crippen LogP contribution is 2.53. The van der Waals surface area contributed by atoms with Gasteiger partial charge in [0.05, 0.1) is 23.3 Å². The zero-order valence-electron chi connectivity index (χ0n) is 20.7. The summed E-state index contributed by atoms with van der Waals surface area (Å²) < 4.78 is 181. The fraction of sp³-hybridized carbons (Fsp3) is 0.455. The van der Waals surface area contributed by atoms with E-state index in [2.05, 4.69) is 9.31 Å². The summed E-state index contributed by atoms with van der Waals surface area (Å²) in [4.78, 5) is 0. The minimum absolute atomic E-state index is 0.0362. The van der Waals surface area contributed by atoms with Crippen molar-refractivity contribution < 1.29 is 76.5 Å². The van der Waals surface area contributed by atoms with E-state index in [4.69, 9.17) is 9.47 Å². The predicted molar refractivity (Wildman–Crippen MR) is 114 cm³/mol. The van der Waals surface area contributed by atoms with Crippen molar-refractivity contribution in [3.05, 3.63) is 46.5 Å². The molecule has 2 rings (SSSR count). The van der Waals surface area contributed by atoms with Gasteiger partial charge in [-0.25, -0.2) is 0 Å². The van der Waals surface area contributed by atoms with Gasteiger partial charge in [0.25, 0.3) is 0 Å². The fourth-order valence-electron chi connectivity index (χ4n) is 3.12. The van der Waals surface area contributed by atoms with Gasteiger partial charge in [-0.3, -0.25) is 0 Å². The van der Waals surface area contributed by atoms with Gasteiger partial charge in [-0.15, -0.1) is 0 Å². The van der Waals surface area contributed by atoms with Crippen LogP contribution < -0.4 is 18.8 Å². The summed E-state index contributed by atoms with van der Waals surface area (Å²) in [5, 5.41) is 10.2. The Bertz CT molecular complexity index is 1140. The van der Waals surface area contributed by atoms with Crippen LogP contribution in [0.4, 0.5) is 52.7 Å². The van der Waals surface area contributed by atoms with E-state index in [9.17, 15) is 57.7 Å². The maximum atomic E-state index is 13.8. The molecule has 224 valence electrons. The molecule has 0 saturated heterocycles. The second kappa shape index (κ2) is 11.4. The lowest BCUT2D eigenvalue weighted by Gasteiger charge is -2.26. The monoisotopic (exact) mass is 602 g/mol. The molecule has 0 atom stereocenters. The minimum Gasteiger partial charge on any atom is -0.500 e. The van der Waals surface area contributed by atoms with Gasteiger partial charge in [-0.05, 0) is 52.0 Å². The number of ether oxygens (including phenoxy) is 2. The Kier molecular flexibility index (Phi) is 9.39. The molecule has 0 aromatic heterocycles. The molecule has 2 aromatic rings. The third-order valence-electron chi connectivity index (χ3n) is 4.57. The van der Waals surface area contributed by atoms with Crippen LogP contribution in [0.1, 0.15) is 49.9 Å². The average Bonchev–Trinajstić information content (AvgIpc) is 2.72. The van der Waals surface area contributed by atoms with Crippen molar-refractivity contribution in [2.24, 2.45) is 0 Å². The molecule has 2 aromatic carbocycles. The van der Waals surface area contributed by atoms with E-state index < -0.39 is 89.5 Å². The first-order valence-corrected chi connectivity index (χ1v) is 10.9. The molecule has 0 amide bonds. The van der Waals surface area contributed by atoms with E-state index in [-0.39, 0.29) is 24.3 Å². The lowest BCUT2D eigenvalue weighted by atomic mass is 10.0. The van der Waals surface area contributed by atoms with Crippen LogP contribution in [0.2, 0.25) is 0 Å². The summed E-state index contributed by atoms with van der Waals surface area (Å²) >= 11 is 0. The molecule has 0 aliphatic heterocycles. The molecule has 0 saturated carbocycles. The van der Waals surface area contributed by atoms with Crippen molar-refractivity contribution in [2.75, 3.05) is 0 Å². The van der Waals surface area contributed by atoms with Gasteiger partial charge >= 0.3 is 32.0 Å². The number of hydrogen-bond donors (Lipinski definition) is 1. The van der Waals surface area contributed by atoms with Crippen molar-refractivity contribution in [3.63, 3.8) is 0 Å². The van der Waals surface area contributed by atoms with E-state index in [1.165, 1.54) is 0 Å². The standard InChI is InChI=1S/C22H19BF12O5/c1-9(2)37-16-13(21(30,31)32)8-14(22(33,34)35)17(38-10(3)4)18(16)40-23(36)39-15-7-11(19(24,25)26)5-6-12(15)20(27,28)29/h5-10,36H,1-4H3. The van der Waals surface area contributed by atoms with Gasteiger partial charge in [0.1, 0.15) is 16.9 Å². The molecule has 0 aliphatic rings. The highest BCUT2D eigenvalue weighted by Gasteiger charge is 2.46. The lowest BCUT2D eigenvalue weighted by Crippen LogP contribution is -2.32. The second-order valence-corrected chi connectivity index (χ2v) is 8.54. The third kappa shape index (κ3) is 8.17. The van der Waals surface area contributed by atoms with Crippen LogP contribution in [-0.4, -0.2) is 24.6 Å². The van der Waals surface area contributed by atoms with Gasteiger partial charge in [0.2, 0.25) is 0 Å². The van der Waals surface area contributed by atoms with Crippen LogP contribution in [0.5, 0.6) is 23.0 Å². The van der Waals surface area contributed by atoms with Crippen molar-refractivity contribution in [3.8, 4) is 23.0 Å². The fourth-order valence-corrected chi connectivity index (χ4v) is 3.12. The molecular weight excluding hydrogens is 583 g/mol. The Balaban J connectivity index is 2.80. The lowest BCUT2D eigenvalue weighted by molar-refractivity contribution is -0.145. The zero-order valence-corrected chi connectivity index (χ0v) is 20.7. The Hall–Kier alpha value is -3.18. The summed E-state index contributed by atoms with van der Waals surface area (Å²) in [5.74, 6) is -6.21. The molecule has 1 N–H and O–H groups in total. The number of hydrogen-bond acceptors (Lipinski definition) is 5. The van der Waals surface area contributed by atoms with Crippen molar-refractivity contribution >= 4 is 7.32 Å². The number of rotatable bonds is 8. The predicted octanol–water partition coefficient (Wildman–Crippen LogP) is 7.77. The molecule has 18 heteroatoms.